The highest BCUT2D eigenvalue weighted by atomic mass is 16.6. The maximum atomic E-state index is 13.1. The second-order valence-corrected chi connectivity index (χ2v) is 9.31. The van der Waals surface area contributed by atoms with E-state index in [4.69, 9.17) is 14.2 Å². The molecule has 1 aromatic rings. The Hall–Kier alpha value is -1.92. The van der Waals surface area contributed by atoms with E-state index in [1.807, 2.05) is 76.8 Å². The second kappa shape index (κ2) is 8.21. The molecule has 1 fully saturated rings. The molecular weight excluding hydrogens is 358 g/mol. The largest absolute Gasteiger partial charge is 0.460 e. The molecule has 0 spiro atoms. The fraction of sp³-hybridized carbons (Fsp3) is 0.636. The summed E-state index contributed by atoms with van der Waals surface area (Å²) in [6, 6.07) is 9.68. The maximum Gasteiger partial charge on any atom is 0.329 e. The number of carbonyl (C=O) groups excluding carboxylic acids is 2. The molecule has 0 radical (unpaired) electrons. The summed E-state index contributed by atoms with van der Waals surface area (Å²) in [6.07, 6.45) is -0.0494. The topological polar surface area (TPSA) is 64.8 Å². The summed E-state index contributed by atoms with van der Waals surface area (Å²) in [6.45, 7) is 11.7. The Morgan fingerprint density at radius 1 is 1.04 bits per heavy atom. The van der Waals surface area contributed by atoms with Crippen LogP contribution < -0.4 is 0 Å². The first-order chi connectivity index (χ1) is 12.9. The molecule has 0 saturated carbocycles. The molecule has 1 aliphatic heterocycles. The van der Waals surface area contributed by atoms with Crippen LogP contribution in [0.4, 0.5) is 0 Å². The molecule has 6 heteroatoms. The van der Waals surface area contributed by atoms with Gasteiger partial charge in [-0.25, -0.2) is 4.79 Å². The van der Waals surface area contributed by atoms with Gasteiger partial charge in [0.05, 0.1) is 19.1 Å². The minimum Gasteiger partial charge on any atom is -0.460 e. The lowest BCUT2D eigenvalue weighted by atomic mass is 10.0. The molecule has 0 N–H and O–H groups in total. The van der Waals surface area contributed by atoms with Crippen molar-refractivity contribution in [2.75, 3.05) is 20.3 Å². The molecule has 3 atom stereocenters. The molecule has 0 aliphatic carbocycles. The van der Waals surface area contributed by atoms with Gasteiger partial charge in [-0.2, -0.15) is 0 Å². The van der Waals surface area contributed by atoms with Gasteiger partial charge in [0.1, 0.15) is 16.7 Å². The minimum atomic E-state index is -1.03. The molecule has 0 bridgehead atoms. The summed E-state index contributed by atoms with van der Waals surface area (Å²) in [5.41, 5.74) is -1.26. The molecule has 156 valence electrons. The molecule has 0 amide bonds. The average molecular weight is 392 g/mol. The van der Waals surface area contributed by atoms with Crippen LogP contribution >= 0.6 is 0 Å². The lowest BCUT2D eigenvalue weighted by Crippen LogP contribution is -2.41. The predicted molar refractivity (Wildman–Crippen MR) is 107 cm³/mol. The van der Waals surface area contributed by atoms with E-state index >= 15 is 0 Å². The summed E-state index contributed by atoms with van der Waals surface area (Å²) in [5.74, 6) is -0.812. The van der Waals surface area contributed by atoms with Crippen LogP contribution in [0.25, 0.3) is 0 Å². The molecular formula is C22H33NO5. The maximum absolute atomic E-state index is 13.1. The third-order valence-electron chi connectivity index (χ3n) is 4.40. The van der Waals surface area contributed by atoms with E-state index in [-0.39, 0.29) is 12.5 Å². The zero-order valence-electron chi connectivity index (χ0n) is 18.1. The molecule has 1 aromatic carbocycles. The normalized spacial score (nSPS) is 23.0. The van der Waals surface area contributed by atoms with Crippen LogP contribution in [0.5, 0.6) is 0 Å². The van der Waals surface area contributed by atoms with Crippen LogP contribution in [0.2, 0.25) is 0 Å². The Morgan fingerprint density at radius 3 is 2.11 bits per heavy atom. The van der Waals surface area contributed by atoms with Crippen molar-refractivity contribution in [3.63, 3.8) is 0 Å². The third kappa shape index (κ3) is 5.79. The van der Waals surface area contributed by atoms with Gasteiger partial charge in [0.2, 0.25) is 0 Å². The molecule has 1 unspecified atom stereocenters. The number of benzene rings is 1. The lowest BCUT2D eigenvalue weighted by Gasteiger charge is -2.28. The molecule has 1 saturated heterocycles. The number of hydrogen-bond acceptors (Lipinski definition) is 6. The highest BCUT2D eigenvalue weighted by molar-refractivity contribution is 5.90. The smallest absolute Gasteiger partial charge is 0.329 e. The Labute approximate surface area is 168 Å². The van der Waals surface area contributed by atoms with E-state index in [0.29, 0.717) is 13.2 Å². The fourth-order valence-corrected chi connectivity index (χ4v) is 3.26. The average Bonchev–Trinajstić information content (AvgIpc) is 3.25. The van der Waals surface area contributed by atoms with Gasteiger partial charge in [0.25, 0.3) is 0 Å². The number of methoxy groups -OCH3 is 1. The van der Waals surface area contributed by atoms with Gasteiger partial charge in [-0.1, -0.05) is 30.3 Å². The van der Waals surface area contributed by atoms with Crippen molar-refractivity contribution in [3.8, 4) is 0 Å². The van der Waals surface area contributed by atoms with Crippen molar-refractivity contribution in [3.05, 3.63) is 35.9 Å². The molecule has 1 aliphatic rings. The zero-order valence-corrected chi connectivity index (χ0v) is 18.1. The van der Waals surface area contributed by atoms with Gasteiger partial charge in [0.15, 0.2) is 0 Å². The summed E-state index contributed by atoms with van der Waals surface area (Å²) in [5, 5.41) is 0. The third-order valence-corrected chi connectivity index (χ3v) is 4.40. The van der Waals surface area contributed by atoms with Gasteiger partial charge >= 0.3 is 11.9 Å². The van der Waals surface area contributed by atoms with Crippen LogP contribution in [-0.2, 0) is 23.8 Å². The predicted octanol–water partition coefficient (Wildman–Crippen LogP) is 3.50. The summed E-state index contributed by atoms with van der Waals surface area (Å²) >= 11 is 0. The first-order valence-electron chi connectivity index (χ1n) is 9.64. The van der Waals surface area contributed by atoms with E-state index in [1.165, 1.54) is 0 Å². The highest BCUT2D eigenvalue weighted by Crippen LogP contribution is 2.45. The van der Waals surface area contributed by atoms with Gasteiger partial charge in [-0.3, -0.25) is 9.69 Å². The monoisotopic (exact) mass is 391 g/mol. The van der Waals surface area contributed by atoms with Crippen LogP contribution in [0.15, 0.2) is 30.3 Å². The Kier molecular flexibility index (Phi) is 6.56. The number of nitrogens with zero attached hydrogens (tertiary/aromatic N) is 1. The molecule has 2 rings (SSSR count). The molecule has 6 nitrogen and oxygen atoms in total. The quantitative estimate of drug-likeness (QED) is 0.524. The number of rotatable bonds is 7. The first kappa shape index (κ1) is 22.4. The molecule has 28 heavy (non-hydrogen) atoms. The highest BCUT2D eigenvalue weighted by Gasteiger charge is 2.64. The standard InChI is InChI=1S/C22H33NO5/c1-20(2,3)27-18(24)13-22(19(25)28-21(4,5)6)15-23(22)17(14-26-7)16-11-9-8-10-12-16/h8-12,17H,13-15H2,1-7H3/t17-,22-,23?/m0/s1. The van der Waals surface area contributed by atoms with Crippen LogP contribution in [0.1, 0.15) is 59.6 Å². The van der Waals surface area contributed by atoms with Gasteiger partial charge in [-0.05, 0) is 47.1 Å². The fourth-order valence-electron chi connectivity index (χ4n) is 3.26. The van der Waals surface area contributed by atoms with E-state index < -0.39 is 28.7 Å². The van der Waals surface area contributed by atoms with Crippen LogP contribution in [0.3, 0.4) is 0 Å². The van der Waals surface area contributed by atoms with Crippen molar-refractivity contribution >= 4 is 11.9 Å². The van der Waals surface area contributed by atoms with E-state index in [9.17, 15) is 9.59 Å². The van der Waals surface area contributed by atoms with Crippen LogP contribution in [0, 0.1) is 0 Å². The van der Waals surface area contributed by atoms with E-state index in [0.717, 1.165) is 5.56 Å². The van der Waals surface area contributed by atoms with Gasteiger partial charge < -0.3 is 14.2 Å². The van der Waals surface area contributed by atoms with E-state index in [2.05, 4.69) is 0 Å². The zero-order chi connectivity index (χ0) is 21.2. The van der Waals surface area contributed by atoms with Crippen molar-refractivity contribution in [2.24, 2.45) is 0 Å². The number of hydrogen-bond donors (Lipinski definition) is 0. The van der Waals surface area contributed by atoms with Crippen molar-refractivity contribution in [2.45, 2.75) is 70.7 Å². The minimum absolute atomic E-state index is 0.0494. The summed E-state index contributed by atoms with van der Waals surface area (Å²) < 4.78 is 16.6. The lowest BCUT2D eigenvalue weighted by molar-refractivity contribution is -0.167. The van der Waals surface area contributed by atoms with Crippen LogP contribution in [-0.4, -0.2) is 53.8 Å². The second-order valence-electron chi connectivity index (χ2n) is 9.31. The molecule has 0 aromatic heterocycles. The number of esters is 2. The Balaban J connectivity index is 2.30. The van der Waals surface area contributed by atoms with Crippen molar-refractivity contribution in [1.29, 1.82) is 0 Å². The number of carbonyl (C=O) groups is 2. The Morgan fingerprint density at radius 2 is 1.61 bits per heavy atom. The van der Waals surface area contributed by atoms with Gasteiger partial charge in [-0.15, -0.1) is 0 Å². The Bertz CT molecular complexity index is 689. The van der Waals surface area contributed by atoms with Crippen molar-refractivity contribution < 1.29 is 23.8 Å². The van der Waals surface area contributed by atoms with Crippen molar-refractivity contribution in [1.82, 2.24) is 4.90 Å². The summed E-state index contributed by atoms with van der Waals surface area (Å²) in [7, 11) is 1.63. The SMILES string of the molecule is COC[C@@H](c1ccccc1)N1C[C@@]1(CC(=O)OC(C)(C)C)C(=O)OC(C)(C)C. The van der Waals surface area contributed by atoms with E-state index in [1.54, 1.807) is 7.11 Å². The first-order valence-corrected chi connectivity index (χ1v) is 9.64. The van der Waals surface area contributed by atoms with Gasteiger partial charge in [0, 0.05) is 13.7 Å². The molecule has 1 heterocycles. The summed E-state index contributed by atoms with van der Waals surface area (Å²) in [4.78, 5) is 27.6. The number of ether oxygens (including phenoxy) is 3.